The molecule has 2 heterocycles. The molecule has 308 valence electrons. The first-order chi connectivity index (χ1) is 32.2. The van der Waals surface area contributed by atoms with Gasteiger partial charge in [-0.2, -0.15) is 5.26 Å². The summed E-state index contributed by atoms with van der Waals surface area (Å²) in [5, 5.41) is 16.9. The molecule has 0 aliphatic heterocycles. The molecule has 0 N–H and O–H groups in total. The van der Waals surface area contributed by atoms with Gasteiger partial charge in [0.15, 0.2) is 6.20 Å². The topological polar surface area (TPSA) is 41.2 Å². The molecule has 1 aliphatic carbocycles. The average molecular weight is 834 g/mol. The molecule has 0 bridgehead atoms. The van der Waals surface area contributed by atoms with E-state index in [1.54, 1.807) is 6.20 Å². The summed E-state index contributed by atoms with van der Waals surface area (Å²) in [6, 6.07) is 68.6. The molecule has 0 saturated carbocycles. The lowest BCUT2D eigenvalue weighted by Crippen LogP contribution is -2.18. The molecule has 65 heavy (non-hydrogen) atoms. The number of anilines is 2. The molecule has 5 nitrogen and oxygen atoms in total. The standard InChI is InChI=1S/C60H43N5/c1-62-41-51(64(48-29-24-45(25-30-48)43-14-4-2-5-15-43)49-31-26-46(27-32-49)44-16-6-3-7-17-44)38-42(40-61)36-37-63-56-35-33-50(39-55(56)60-52-19-9-8-18-47(52)28-34-59(60)63)65-57-22-12-10-20-53(57)54-21-11-13-23-58(54)65/h2-10,12-20,22-37,39,41-42H,11,21,38H2/b37-36+,51-41-. The van der Waals surface area contributed by atoms with Gasteiger partial charge < -0.3 is 14.0 Å². The van der Waals surface area contributed by atoms with E-state index in [9.17, 15) is 5.26 Å². The lowest BCUT2D eigenvalue weighted by atomic mass is 10.0. The highest BCUT2D eigenvalue weighted by atomic mass is 15.2. The van der Waals surface area contributed by atoms with E-state index in [2.05, 4.69) is 195 Å². The van der Waals surface area contributed by atoms with Crippen LogP contribution in [0.4, 0.5) is 11.4 Å². The third-order valence-electron chi connectivity index (χ3n) is 12.8. The van der Waals surface area contributed by atoms with Crippen LogP contribution in [0.3, 0.4) is 0 Å². The van der Waals surface area contributed by atoms with Crippen molar-refractivity contribution < 1.29 is 0 Å². The predicted molar refractivity (Wildman–Crippen MR) is 271 cm³/mol. The zero-order valence-corrected chi connectivity index (χ0v) is 35.7. The zero-order valence-electron chi connectivity index (χ0n) is 35.7. The Kier molecular flexibility index (Phi) is 10.2. The van der Waals surface area contributed by atoms with E-state index >= 15 is 0 Å². The minimum atomic E-state index is -0.547. The number of allylic oxidation sites excluding steroid dienone is 3. The van der Waals surface area contributed by atoms with Crippen molar-refractivity contribution >= 4 is 67.1 Å². The molecule has 1 unspecified atom stereocenters. The number of rotatable bonds is 10. The van der Waals surface area contributed by atoms with Crippen LogP contribution in [0.1, 0.15) is 24.1 Å². The highest BCUT2D eigenvalue weighted by Crippen LogP contribution is 2.40. The smallest absolute Gasteiger partial charge is 0.173 e. The van der Waals surface area contributed by atoms with Gasteiger partial charge in [0.25, 0.3) is 0 Å². The molecule has 0 amide bonds. The van der Waals surface area contributed by atoms with Gasteiger partial charge in [0.05, 0.1) is 35.1 Å². The number of nitriles is 1. The van der Waals surface area contributed by atoms with Gasteiger partial charge in [-0.05, 0) is 119 Å². The molecular formula is C60H43N5. The number of fused-ring (bicyclic) bond motifs is 8. The van der Waals surface area contributed by atoms with Crippen molar-refractivity contribution in [2.45, 2.75) is 19.3 Å². The Morgan fingerprint density at radius 3 is 1.94 bits per heavy atom. The van der Waals surface area contributed by atoms with Crippen molar-refractivity contribution in [3.63, 3.8) is 0 Å². The van der Waals surface area contributed by atoms with Gasteiger partial charge in [-0.3, -0.25) is 0 Å². The SMILES string of the molecule is [C-]#[N+]/C=C(/CC(C#N)/C=C/n1c2ccc(-n3c4c(c5ccccc53)CCC=C4)cc2c2c3ccccc3ccc21)N(c1ccc(-c2ccccc2)cc1)c1ccc(-c2ccccc2)cc1. The number of aryl methyl sites for hydroxylation is 1. The molecule has 0 fully saturated rings. The Morgan fingerprint density at radius 1 is 0.646 bits per heavy atom. The Bertz CT molecular complexity index is 3490. The first kappa shape index (κ1) is 39.2. The molecule has 1 atom stereocenters. The van der Waals surface area contributed by atoms with E-state index < -0.39 is 5.92 Å². The van der Waals surface area contributed by atoms with Gasteiger partial charge in [-0.15, -0.1) is 0 Å². The predicted octanol–water partition coefficient (Wildman–Crippen LogP) is 15.8. The molecule has 0 saturated heterocycles. The number of hydrogen-bond acceptors (Lipinski definition) is 2. The van der Waals surface area contributed by atoms with Crippen LogP contribution >= 0.6 is 0 Å². The van der Waals surface area contributed by atoms with Crippen molar-refractivity contribution in [3.05, 3.63) is 235 Å². The van der Waals surface area contributed by atoms with E-state index in [0.717, 1.165) is 74.3 Å². The van der Waals surface area contributed by atoms with Crippen molar-refractivity contribution in [2.24, 2.45) is 5.92 Å². The summed E-state index contributed by atoms with van der Waals surface area (Å²) in [6.45, 7) is 8.08. The maximum atomic E-state index is 10.9. The number of para-hydroxylation sites is 1. The monoisotopic (exact) mass is 833 g/mol. The van der Waals surface area contributed by atoms with Gasteiger partial charge in [-0.25, -0.2) is 4.85 Å². The minimum Gasteiger partial charge on any atom is -0.325 e. The highest BCUT2D eigenvalue weighted by molar-refractivity contribution is 6.21. The molecule has 0 radical (unpaired) electrons. The quantitative estimate of drug-likeness (QED) is 0.129. The van der Waals surface area contributed by atoms with Gasteiger partial charge in [0.2, 0.25) is 0 Å². The molecule has 11 rings (SSSR count). The molecule has 5 heteroatoms. The van der Waals surface area contributed by atoms with Gasteiger partial charge in [0, 0.05) is 50.8 Å². The Balaban J connectivity index is 0.996. The van der Waals surface area contributed by atoms with Crippen LogP contribution in [-0.2, 0) is 6.42 Å². The molecule has 0 spiro atoms. The summed E-state index contributed by atoms with van der Waals surface area (Å²) >= 11 is 0. The second-order valence-corrected chi connectivity index (χ2v) is 16.6. The van der Waals surface area contributed by atoms with E-state index in [4.69, 9.17) is 6.57 Å². The summed E-state index contributed by atoms with van der Waals surface area (Å²) < 4.78 is 4.64. The van der Waals surface area contributed by atoms with Crippen molar-refractivity contribution in [2.75, 3.05) is 4.90 Å². The van der Waals surface area contributed by atoms with E-state index in [0.29, 0.717) is 6.42 Å². The van der Waals surface area contributed by atoms with Gasteiger partial charge in [-0.1, -0.05) is 146 Å². The minimum absolute atomic E-state index is 0.319. The zero-order chi connectivity index (χ0) is 43.7. The maximum Gasteiger partial charge on any atom is 0.173 e. The van der Waals surface area contributed by atoms with Crippen molar-refractivity contribution in [1.82, 2.24) is 9.13 Å². The Morgan fingerprint density at radius 2 is 1.26 bits per heavy atom. The average Bonchev–Trinajstić information content (AvgIpc) is 3.88. The summed E-state index contributed by atoms with van der Waals surface area (Å²) in [5.41, 5.74) is 14.1. The molecule has 10 aromatic rings. The summed E-state index contributed by atoms with van der Waals surface area (Å²) in [7, 11) is 0. The third kappa shape index (κ3) is 7.16. The van der Waals surface area contributed by atoms with Crippen LogP contribution in [0, 0.1) is 23.8 Å². The van der Waals surface area contributed by atoms with Gasteiger partial charge in [0.1, 0.15) is 0 Å². The fraction of sp³-hybridized carbons (Fsp3) is 0.0667. The summed E-state index contributed by atoms with van der Waals surface area (Å²) in [4.78, 5) is 5.94. The number of hydrogen-bond donors (Lipinski definition) is 0. The summed E-state index contributed by atoms with van der Waals surface area (Å²) in [5.74, 6) is -0.547. The molecular weight excluding hydrogens is 791 g/mol. The van der Waals surface area contributed by atoms with Crippen molar-refractivity contribution in [3.8, 4) is 34.0 Å². The fourth-order valence-corrected chi connectivity index (χ4v) is 9.77. The first-order valence-corrected chi connectivity index (χ1v) is 22.2. The molecule has 2 aromatic heterocycles. The Labute approximate surface area is 378 Å². The van der Waals surface area contributed by atoms with E-state index in [1.807, 2.05) is 42.5 Å². The second-order valence-electron chi connectivity index (χ2n) is 16.6. The van der Waals surface area contributed by atoms with Crippen LogP contribution in [0.25, 0.3) is 88.5 Å². The van der Waals surface area contributed by atoms with E-state index in [1.165, 1.54) is 38.3 Å². The molecule has 8 aromatic carbocycles. The number of nitrogens with zero attached hydrogens (tertiary/aromatic N) is 5. The third-order valence-corrected chi connectivity index (χ3v) is 12.8. The Hall–Kier alpha value is -8.64. The molecule has 1 aliphatic rings. The lowest BCUT2D eigenvalue weighted by molar-refractivity contribution is 0.791. The highest BCUT2D eigenvalue weighted by Gasteiger charge is 2.22. The van der Waals surface area contributed by atoms with Crippen LogP contribution < -0.4 is 4.90 Å². The fourth-order valence-electron chi connectivity index (χ4n) is 9.77. The maximum absolute atomic E-state index is 10.9. The number of aromatic nitrogens is 2. The summed E-state index contributed by atoms with van der Waals surface area (Å²) in [6.07, 6.45) is 12.6. The van der Waals surface area contributed by atoms with Crippen LogP contribution in [0.2, 0.25) is 0 Å². The first-order valence-electron chi connectivity index (χ1n) is 22.2. The normalized spacial score (nSPS) is 13.0. The van der Waals surface area contributed by atoms with Crippen LogP contribution in [0.15, 0.2) is 212 Å². The van der Waals surface area contributed by atoms with Crippen LogP contribution in [-0.4, -0.2) is 9.13 Å². The van der Waals surface area contributed by atoms with Gasteiger partial charge >= 0.3 is 0 Å². The van der Waals surface area contributed by atoms with Crippen LogP contribution in [0.5, 0.6) is 0 Å². The van der Waals surface area contributed by atoms with Crippen molar-refractivity contribution in [1.29, 1.82) is 5.26 Å². The number of benzene rings is 8. The largest absolute Gasteiger partial charge is 0.325 e. The second kappa shape index (κ2) is 16.9. The lowest BCUT2D eigenvalue weighted by Gasteiger charge is -2.29. The van der Waals surface area contributed by atoms with E-state index in [-0.39, 0.29) is 0 Å².